The van der Waals surface area contributed by atoms with Crippen LogP contribution in [0.1, 0.15) is 59.3 Å². The van der Waals surface area contributed by atoms with Crippen LogP contribution in [-0.4, -0.2) is 52.7 Å². The molecule has 0 aliphatic carbocycles. The molecule has 0 radical (unpaired) electrons. The Morgan fingerprint density at radius 2 is 1.91 bits per heavy atom. The van der Waals surface area contributed by atoms with Crippen LogP contribution in [0.2, 0.25) is 0 Å². The van der Waals surface area contributed by atoms with E-state index in [4.69, 9.17) is 4.74 Å². The number of hydrogen-bond acceptors (Lipinski definition) is 5. The monoisotopic (exact) mass is 328 g/mol. The third kappa shape index (κ3) is 6.17. The number of urea groups is 1. The molecule has 0 aromatic rings. The van der Waals surface area contributed by atoms with Crippen LogP contribution < -0.4 is 5.32 Å². The van der Waals surface area contributed by atoms with E-state index in [1.165, 1.54) is 0 Å². The molecule has 0 aromatic heterocycles. The van der Waals surface area contributed by atoms with Gasteiger partial charge in [0.25, 0.3) is 5.91 Å². The molecule has 1 heterocycles. The Morgan fingerprint density at radius 3 is 2.48 bits per heavy atom. The van der Waals surface area contributed by atoms with E-state index in [-0.39, 0.29) is 19.1 Å². The van der Waals surface area contributed by atoms with Crippen LogP contribution in [0.15, 0.2) is 0 Å². The summed E-state index contributed by atoms with van der Waals surface area (Å²) in [6, 6.07) is -0.540. The van der Waals surface area contributed by atoms with Gasteiger partial charge >= 0.3 is 12.0 Å². The average molecular weight is 328 g/mol. The van der Waals surface area contributed by atoms with Gasteiger partial charge < -0.3 is 15.2 Å². The van der Waals surface area contributed by atoms with Crippen molar-refractivity contribution in [2.45, 2.75) is 70.9 Å². The summed E-state index contributed by atoms with van der Waals surface area (Å²) in [5, 5.41) is 12.4. The number of nitrogens with one attached hydrogen (secondary N) is 1. The van der Waals surface area contributed by atoms with Gasteiger partial charge in [-0.25, -0.2) is 4.79 Å². The van der Waals surface area contributed by atoms with E-state index in [0.29, 0.717) is 6.42 Å². The van der Waals surface area contributed by atoms with Crippen LogP contribution in [0.25, 0.3) is 0 Å². The van der Waals surface area contributed by atoms with Gasteiger partial charge in [0.1, 0.15) is 18.2 Å². The number of amides is 3. The smallest absolute Gasteiger partial charge is 0.325 e. The molecule has 23 heavy (non-hydrogen) atoms. The van der Waals surface area contributed by atoms with Crippen LogP contribution in [0.4, 0.5) is 4.79 Å². The van der Waals surface area contributed by atoms with Crippen LogP contribution >= 0.6 is 0 Å². The van der Waals surface area contributed by atoms with E-state index in [0.717, 1.165) is 37.0 Å². The molecular formula is C16H28N2O5. The quantitative estimate of drug-likeness (QED) is 0.361. The summed E-state index contributed by atoms with van der Waals surface area (Å²) in [4.78, 5) is 36.1. The number of imide groups is 1. The third-order valence-electron chi connectivity index (χ3n) is 3.76. The number of carbonyl (C=O) groups is 3. The molecule has 1 saturated heterocycles. The van der Waals surface area contributed by atoms with Crippen LogP contribution in [-0.2, 0) is 14.3 Å². The number of nitrogens with zero attached hydrogens (tertiary/aromatic N) is 1. The second-order valence-corrected chi connectivity index (χ2v) is 6.47. The van der Waals surface area contributed by atoms with E-state index >= 15 is 0 Å². The highest BCUT2D eigenvalue weighted by Crippen LogP contribution is 2.16. The molecule has 0 saturated carbocycles. The molecular weight excluding hydrogens is 300 g/mol. The van der Waals surface area contributed by atoms with Gasteiger partial charge in [-0.3, -0.25) is 14.5 Å². The molecule has 3 amide bonds. The predicted octanol–water partition coefficient (Wildman–Crippen LogP) is 1.58. The number of rotatable bonds is 10. The normalized spacial score (nSPS) is 18.0. The fourth-order valence-corrected chi connectivity index (χ4v) is 2.38. The van der Waals surface area contributed by atoms with E-state index in [2.05, 4.69) is 12.2 Å². The van der Waals surface area contributed by atoms with Gasteiger partial charge in [0, 0.05) is 6.42 Å². The molecule has 0 spiro atoms. The van der Waals surface area contributed by atoms with Crippen molar-refractivity contribution in [2.75, 3.05) is 13.2 Å². The van der Waals surface area contributed by atoms with Crippen LogP contribution in [0.3, 0.4) is 0 Å². The highest BCUT2D eigenvalue weighted by Gasteiger charge is 2.44. The minimum absolute atomic E-state index is 0.183. The van der Waals surface area contributed by atoms with Crippen molar-refractivity contribution in [1.29, 1.82) is 0 Å². The van der Waals surface area contributed by atoms with Gasteiger partial charge in [0.15, 0.2) is 0 Å². The Morgan fingerprint density at radius 1 is 1.26 bits per heavy atom. The topological polar surface area (TPSA) is 95.9 Å². The molecule has 1 fully saturated rings. The fraction of sp³-hybridized carbons (Fsp3) is 0.812. The number of β-amino-alcohol motifs (C(OH)–C–C–N with tert-alkyl or cyclic N) is 1. The highest BCUT2D eigenvalue weighted by atomic mass is 16.5. The first kappa shape index (κ1) is 19.4. The molecule has 1 aliphatic rings. The van der Waals surface area contributed by atoms with Gasteiger partial charge in [0.2, 0.25) is 0 Å². The van der Waals surface area contributed by atoms with Crippen molar-refractivity contribution in [2.24, 2.45) is 0 Å². The van der Waals surface area contributed by atoms with Crippen molar-refractivity contribution in [3.8, 4) is 0 Å². The van der Waals surface area contributed by atoms with Gasteiger partial charge in [-0.05, 0) is 20.3 Å². The molecule has 132 valence electrons. The zero-order chi connectivity index (χ0) is 17.5. The first-order valence-corrected chi connectivity index (χ1v) is 8.25. The molecule has 7 nitrogen and oxygen atoms in total. The number of aliphatic hydroxyl groups excluding tert-OH is 1. The lowest BCUT2D eigenvalue weighted by Gasteiger charge is -2.19. The first-order chi connectivity index (χ1) is 10.8. The molecule has 0 bridgehead atoms. The summed E-state index contributed by atoms with van der Waals surface area (Å²) in [5.74, 6) is -0.762. The summed E-state index contributed by atoms with van der Waals surface area (Å²) in [6.07, 6.45) is 4.43. The van der Waals surface area contributed by atoms with Crippen molar-refractivity contribution in [3.05, 3.63) is 0 Å². The van der Waals surface area contributed by atoms with Crippen LogP contribution in [0, 0.1) is 0 Å². The Bertz CT molecular complexity index is 436. The van der Waals surface area contributed by atoms with Crippen molar-refractivity contribution in [1.82, 2.24) is 10.2 Å². The Hall–Kier alpha value is -1.63. The molecule has 7 heteroatoms. The van der Waals surface area contributed by atoms with E-state index < -0.39 is 23.6 Å². The van der Waals surface area contributed by atoms with Crippen molar-refractivity contribution in [3.63, 3.8) is 0 Å². The second-order valence-electron chi connectivity index (χ2n) is 6.47. The molecule has 1 aliphatic heterocycles. The first-order valence-electron chi connectivity index (χ1n) is 8.25. The van der Waals surface area contributed by atoms with E-state index in [1.807, 2.05) is 0 Å². The Kier molecular flexibility index (Phi) is 7.48. The van der Waals surface area contributed by atoms with Gasteiger partial charge in [-0.1, -0.05) is 32.6 Å². The lowest BCUT2D eigenvalue weighted by Crippen LogP contribution is -2.42. The minimum Gasteiger partial charge on any atom is -0.463 e. The van der Waals surface area contributed by atoms with E-state index in [9.17, 15) is 19.5 Å². The molecule has 1 rings (SSSR count). The fourth-order valence-electron chi connectivity index (χ4n) is 2.38. The molecule has 1 unspecified atom stereocenters. The summed E-state index contributed by atoms with van der Waals surface area (Å²) < 4.78 is 4.98. The molecule has 2 N–H and O–H groups in total. The summed E-state index contributed by atoms with van der Waals surface area (Å²) >= 11 is 0. The van der Waals surface area contributed by atoms with Gasteiger partial charge in [0.05, 0.1) is 6.54 Å². The van der Waals surface area contributed by atoms with Gasteiger partial charge in [-0.2, -0.15) is 0 Å². The van der Waals surface area contributed by atoms with Crippen molar-refractivity contribution < 1.29 is 24.2 Å². The largest absolute Gasteiger partial charge is 0.463 e. The number of ether oxygens (including phenoxy) is 1. The molecule has 1 atom stereocenters. The van der Waals surface area contributed by atoms with Crippen molar-refractivity contribution >= 4 is 17.9 Å². The van der Waals surface area contributed by atoms with E-state index in [1.54, 1.807) is 13.8 Å². The predicted molar refractivity (Wildman–Crippen MR) is 84.7 cm³/mol. The standard InChI is InChI=1S/C16H28N2O5/c1-4-5-6-7-8-9-13(20)23-11-12(19)10-18-14(21)16(2,3)17-15(18)22/h12,19H,4-11H2,1-3H3,(H,17,22). The summed E-state index contributed by atoms with van der Waals surface area (Å²) in [6.45, 7) is 4.92. The number of unbranched alkanes of at least 4 members (excludes halogenated alkanes) is 4. The Balaban J connectivity index is 2.24. The lowest BCUT2D eigenvalue weighted by atomic mass is 10.1. The van der Waals surface area contributed by atoms with Gasteiger partial charge in [-0.15, -0.1) is 0 Å². The number of hydrogen-bond donors (Lipinski definition) is 2. The van der Waals surface area contributed by atoms with Crippen LogP contribution in [0.5, 0.6) is 0 Å². The zero-order valence-corrected chi connectivity index (χ0v) is 14.3. The highest BCUT2D eigenvalue weighted by molar-refractivity contribution is 6.06. The number of esters is 1. The maximum absolute atomic E-state index is 12.0. The minimum atomic E-state index is -1.08. The number of aliphatic hydroxyl groups is 1. The average Bonchev–Trinajstić information content (AvgIpc) is 2.67. The summed E-state index contributed by atoms with van der Waals surface area (Å²) in [5.41, 5.74) is -0.966. The maximum atomic E-state index is 12.0. The molecule has 0 aromatic carbocycles. The zero-order valence-electron chi connectivity index (χ0n) is 14.3. The number of carbonyl (C=O) groups excluding carboxylic acids is 3. The third-order valence-corrected chi connectivity index (χ3v) is 3.76. The second kappa shape index (κ2) is 8.86. The summed E-state index contributed by atoms with van der Waals surface area (Å²) in [7, 11) is 0. The maximum Gasteiger partial charge on any atom is 0.325 e. The Labute approximate surface area is 137 Å². The lowest BCUT2D eigenvalue weighted by molar-refractivity contribution is -0.147. The SMILES string of the molecule is CCCCCCCC(=O)OCC(O)CN1C(=O)NC(C)(C)C1=O.